The van der Waals surface area contributed by atoms with E-state index in [4.69, 9.17) is 16.3 Å². The summed E-state index contributed by atoms with van der Waals surface area (Å²) in [6, 6.07) is 15.3. The van der Waals surface area contributed by atoms with Gasteiger partial charge in [-0.1, -0.05) is 41.9 Å². The number of ether oxygens (including phenoxy) is 1. The molecule has 154 valence electrons. The molecule has 1 N–H and O–H groups in total. The molecule has 6 heteroatoms. The lowest BCUT2D eigenvalue weighted by atomic mass is 9.93. The average Bonchev–Trinajstić information content (AvgIpc) is 3.04. The van der Waals surface area contributed by atoms with Gasteiger partial charge in [-0.25, -0.2) is 0 Å². The number of rotatable bonds is 7. The third kappa shape index (κ3) is 5.51. The van der Waals surface area contributed by atoms with Gasteiger partial charge in [0.1, 0.15) is 5.75 Å². The van der Waals surface area contributed by atoms with Gasteiger partial charge in [0.25, 0.3) is 0 Å². The second-order valence-corrected chi connectivity index (χ2v) is 8.57. The Morgan fingerprint density at radius 2 is 1.90 bits per heavy atom. The summed E-state index contributed by atoms with van der Waals surface area (Å²) in [6.45, 7) is 4.87. The molecule has 0 saturated carbocycles. The molecule has 1 heterocycles. The molecular formula is C23H27ClN2O3. The van der Waals surface area contributed by atoms with E-state index in [-0.39, 0.29) is 24.2 Å². The average molecular weight is 415 g/mol. The second-order valence-electron chi connectivity index (χ2n) is 8.16. The molecule has 0 aliphatic carbocycles. The summed E-state index contributed by atoms with van der Waals surface area (Å²) in [5.74, 6) is 0.350. The van der Waals surface area contributed by atoms with Gasteiger partial charge in [-0.15, -0.1) is 0 Å². The Hall–Kier alpha value is -2.53. The Morgan fingerprint density at radius 1 is 1.21 bits per heavy atom. The van der Waals surface area contributed by atoms with E-state index >= 15 is 0 Å². The minimum absolute atomic E-state index is 0.00452. The molecule has 1 unspecified atom stereocenters. The Kier molecular flexibility index (Phi) is 6.48. The van der Waals surface area contributed by atoms with Crippen LogP contribution in [0.1, 0.15) is 31.4 Å². The van der Waals surface area contributed by atoms with Crippen molar-refractivity contribution in [2.24, 2.45) is 5.92 Å². The fourth-order valence-corrected chi connectivity index (χ4v) is 3.85. The van der Waals surface area contributed by atoms with Crippen LogP contribution in [0.3, 0.4) is 0 Å². The zero-order valence-corrected chi connectivity index (χ0v) is 17.8. The second kappa shape index (κ2) is 8.87. The van der Waals surface area contributed by atoms with Crippen LogP contribution in [0, 0.1) is 5.92 Å². The Labute approximate surface area is 177 Å². The number of hydrogen-bond acceptors (Lipinski definition) is 3. The number of halogens is 1. The summed E-state index contributed by atoms with van der Waals surface area (Å²) in [5.41, 5.74) is 1.54. The van der Waals surface area contributed by atoms with Crippen molar-refractivity contribution in [3.8, 4) is 5.75 Å². The minimum Gasteiger partial charge on any atom is -0.497 e. The maximum Gasteiger partial charge on any atom is 0.225 e. The molecule has 0 spiro atoms. The standard InChI is InChI=1S/C23H27ClN2O3/c1-23(2,13-17-6-4-5-7-20(17)24)25-22(28)18-12-21(27)26(15-18)14-16-8-10-19(29-3)11-9-16/h4-11,18H,12-15H2,1-3H3,(H,25,28). The zero-order chi connectivity index (χ0) is 21.0. The van der Waals surface area contributed by atoms with Crippen LogP contribution in [0.25, 0.3) is 0 Å². The van der Waals surface area contributed by atoms with E-state index in [0.717, 1.165) is 16.9 Å². The third-order valence-electron chi connectivity index (χ3n) is 5.17. The Morgan fingerprint density at radius 3 is 2.55 bits per heavy atom. The van der Waals surface area contributed by atoms with Crippen molar-refractivity contribution in [1.82, 2.24) is 10.2 Å². The van der Waals surface area contributed by atoms with Gasteiger partial charge in [-0.05, 0) is 49.6 Å². The fraction of sp³-hybridized carbons (Fsp3) is 0.391. The summed E-state index contributed by atoms with van der Waals surface area (Å²) < 4.78 is 5.16. The SMILES string of the molecule is COc1ccc(CN2CC(C(=O)NC(C)(C)Cc3ccccc3Cl)CC2=O)cc1. The van der Waals surface area contributed by atoms with Crippen molar-refractivity contribution in [1.29, 1.82) is 0 Å². The van der Waals surface area contributed by atoms with Gasteiger partial charge in [-0.3, -0.25) is 9.59 Å². The molecule has 1 atom stereocenters. The molecule has 1 aliphatic heterocycles. The van der Waals surface area contributed by atoms with E-state index in [1.54, 1.807) is 12.0 Å². The van der Waals surface area contributed by atoms with Crippen LogP contribution in [-0.4, -0.2) is 35.9 Å². The summed E-state index contributed by atoms with van der Waals surface area (Å²) in [7, 11) is 1.62. The number of carbonyl (C=O) groups excluding carboxylic acids is 2. The zero-order valence-electron chi connectivity index (χ0n) is 17.1. The first kappa shape index (κ1) is 21.2. The van der Waals surface area contributed by atoms with Crippen molar-refractivity contribution < 1.29 is 14.3 Å². The Bertz CT molecular complexity index is 880. The molecule has 0 radical (unpaired) electrons. The van der Waals surface area contributed by atoms with Crippen LogP contribution in [0.15, 0.2) is 48.5 Å². The lowest BCUT2D eigenvalue weighted by Crippen LogP contribution is -2.48. The van der Waals surface area contributed by atoms with E-state index in [2.05, 4.69) is 5.32 Å². The van der Waals surface area contributed by atoms with Crippen LogP contribution >= 0.6 is 11.6 Å². The molecule has 2 amide bonds. The number of hydrogen-bond donors (Lipinski definition) is 1. The number of benzene rings is 2. The van der Waals surface area contributed by atoms with Crippen molar-refractivity contribution in [3.63, 3.8) is 0 Å². The fourth-order valence-electron chi connectivity index (χ4n) is 3.65. The van der Waals surface area contributed by atoms with Crippen LogP contribution in [0.4, 0.5) is 0 Å². The topological polar surface area (TPSA) is 58.6 Å². The van der Waals surface area contributed by atoms with E-state index in [0.29, 0.717) is 24.5 Å². The van der Waals surface area contributed by atoms with Crippen LogP contribution in [0.2, 0.25) is 5.02 Å². The molecule has 2 aromatic rings. The van der Waals surface area contributed by atoms with Gasteiger partial charge in [0.15, 0.2) is 0 Å². The molecule has 5 nitrogen and oxygen atoms in total. The van der Waals surface area contributed by atoms with E-state index in [1.807, 2.05) is 62.4 Å². The Balaban J connectivity index is 1.58. The monoisotopic (exact) mass is 414 g/mol. The largest absolute Gasteiger partial charge is 0.497 e. The lowest BCUT2D eigenvalue weighted by molar-refractivity contribution is -0.129. The maximum absolute atomic E-state index is 12.8. The maximum atomic E-state index is 12.8. The first-order valence-electron chi connectivity index (χ1n) is 9.73. The molecule has 0 aromatic heterocycles. The van der Waals surface area contributed by atoms with Gasteiger partial charge in [0.2, 0.25) is 11.8 Å². The molecule has 29 heavy (non-hydrogen) atoms. The molecule has 2 aromatic carbocycles. The van der Waals surface area contributed by atoms with Gasteiger partial charge in [-0.2, -0.15) is 0 Å². The van der Waals surface area contributed by atoms with Crippen molar-refractivity contribution in [3.05, 3.63) is 64.7 Å². The first-order chi connectivity index (χ1) is 13.8. The number of amides is 2. The number of carbonyl (C=O) groups is 2. The smallest absolute Gasteiger partial charge is 0.225 e. The number of methoxy groups -OCH3 is 1. The normalized spacial score (nSPS) is 16.8. The molecule has 0 bridgehead atoms. The predicted octanol–water partition coefficient (Wildman–Crippen LogP) is 3.83. The quantitative estimate of drug-likeness (QED) is 0.748. The highest BCUT2D eigenvalue weighted by molar-refractivity contribution is 6.31. The first-order valence-corrected chi connectivity index (χ1v) is 10.1. The summed E-state index contributed by atoms with van der Waals surface area (Å²) >= 11 is 6.26. The number of likely N-dealkylation sites (tertiary alicyclic amines) is 1. The molecular weight excluding hydrogens is 388 g/mol. The molecule has 1 saturated heterocycles. The lowest BCUT2D eigenvalue weighted by Gasteiger charge is -2.28. The molecule has 1 fully saturated rings. The highest BCUT2D eigenvalue weighted by Crippen LogP contribution is 2.24. The summed E-state index contributed by atoms with van der Waals surface area (Å²) in [6.07, 6.45) is 0.860. The van der Waals surface area contributed by atoms with Crippen molar-refractivity contribution in [2.45, 2.75) is 38.8 Å². The van der Waals surface area contributed by atoms with Crippen molar-refractivity contribution >= 4 is 23.4 Å². The van der Waals surface area contributed by atoms with Crippen molar-refractivity contribution in [2.75, 3.05) is 13.7 Å². The number of nitrogens with one attached hydrogen (secondary N) is 1. The molecule has 3 rings (SSSR count). The van der Waals surface area contributed by atoms with Gasteiger partial charge >= 0.3 is 0 Å². The number of nitrogens with zero attached hydrogens (tertiary/aromatic N) is 1. The summed E-state index contributed by atoms with van der Waals surface area (Å²) in [4.78, 5) is 27.0. The van der Waals surface area contributed by atoms with Crippen LogP contribution in [-0.2, 0) is 22.6 Å². The van der Waals surface area contributed by atoms with E-state index < -0.39 is 5.54 Å². The van der Waals surface area contributed by atoms with Crippen LogP contribution in [0.5, 0.6) is 5.75 Å². The third-order valence-corrected chi connectivity index (χ3v) is 5.54. The van der Waals surface area contributed by atoms with Gasteiger partial charge in [0, 0.05) is 30.1 Å². The molecule has 1 aliphatic rings. The van der Waals surface area contributed by atoms with Gasteiger partial charge in [0.05, 0.1) is 13.0 Å². The van der Waals surface area contributed by atoms with Gasteiger partial charge < -0.3 is 15.0 Å². The van der Waals surface area contributed by atoms with E-state index in [9.17, 15) is 9.59 Å². The van der Waals surface area contributed by atoms with E-state index in [1.165, 1.54) is 0 Å². The van der Waals surface area contributed by atoms with Crippen LogP contribution < -0.4 is 10.1 Å². The highest BCUT2D eigenvalue weighted by atomic mass is 35.5. The predicted molar refractivity (Wildman–Crippen MR) is 114 cm³/mol. The minimum atomic E-state index is -0.464. The highest BCUT2D eigenvalue weighted by Gasteiger charge is 2.36. The summed E-state index contributed by atoms with van der Waals surface area (Å²) in [5, 5.41) is 3.79.